The van der Waals surface area contributed by atoms with Crippen LogP contribution >= 0.6 is 11.6 Å². The number of likely N-dealkylation sites (N-methyl/N-ethyl adjacent to an activating group) is 1. The molecule has 1 atom stereocenters. The minimum atomic E-state index is -0.848. The van der Waals surface area contributed by atoms with Crippen molar-refractivity contribution in [1.29, 1.82) is 0 Å². The number of hydrogen-bond acceptors (Lipinski definition) is 3. The average molecular weight is 270 g/mol. The first kappa shape index (κ1) is 14.5. The lowest BCUT2D eigenvalue weighted by atomic mass is 10.1. The Morgan fingerprint density at radius 3 is 2.56 bits per heavy atom. The molecule has 1 unspecified atom stereocenters. The van der Waals surface area contributed by atoms with Crippen molar-refractivity contribution in [3.63, 3.8) is 0 Å². The van der Waals surface area contributed by atoms with Gasteiger partial charge in [-0.25, -0.2) is 4.79 Å². The standard InChI is InChI=1S/C13H16ClNO3/c1-4-18-13(17)12(16)15(3)9(2)10-7-5-6-8-11(10)14/h5-9H,4H2,1-3H3. The van der Waals surface area contributed by atoms with E-state index in [4.69, 9.17) is 11.6 Å². The fourth-order valence-corrected chi connectivity index (χ4v) is 1.83. The Hall–Kier alpha value is -1.55. The zero-order chi connectivity index (χ0) is 13.7. The van der Waals surface area contributed by atoms with E-state index in [2.05, 4.69) is 4.74 Å². The Labute approximate surface area is 111 Å². The van der Waals surface area contributed by atoms with Gasteiger partial charge < -0.3 is 9.64 Å². The second kappa shape index (κ2) is 6.40. The maximum Gasteiger partial charge on any atom is 0.397 e. The van der Waals surface area contributed by atoms with Crippen LogP contribution in [0.25, 0.3) is 0 Å². The molecule has 0 radical (unpaired) electrons. The number of halogens is 1. The van der Waals surface area contributed by atoms with Crippen molar-refractivity contribution < 1.29 is 14.3 Å². The quantitative estimate of drug-likeness (QED) is 0.625. The summed E-state index contributed by atoms with van der Waals surface area (Å²) in [5.74, 6) is -1.52. The molecule has 1 aromatic carbocycles. The topological polar surface area (TPSA) is 46.6 Å². The highest BCUT2D eigenvalue weighted by Crippen LogP contribution is 2.26. The van der Waals surface area contributed by atoms with Crippen LogP contribution in [0.5, 0.6) is 0 Å². The van der Waals surface area contributed by atoms with Gasteiger partial charge in [0, 0.05) is 12.1 Å². The van der Waals surface area contributed by atoms with Gasteiger partial charge in [-0.15, -0.1) is 0 Å². The molecule has 18 heavy (non-hydrogen) atoms. The summed E-state index contributed by atoms with van der Waals surface area (Å²) in [5, 5.41) is 0.563. The third-order valence-electron chi connectivity index (χ3n) is 2.71. The smallest absolute Gasteiger partial charge is 0.397 e. The number of amides is 1. The van der Waals surface area contributed by atoms with E-state index in [-0.39, 0.29) is 12.6 Å². The van der Waals surface area contributed by atoms with Crippen LogP contribution < -0.4 is 0 Å². The zero-order valence-corrected chi connectivity index (χ0v) is 11.4. The number of rotatable bonds is 3. The Balaban J connectivity index is 2.84. The van der Waals surface area contributed by atoms with E-state index < -0.39 is 11.9 Å². The summed E-state index contributed by atoms with van der Waals surface area (Å²) in [6.07, 6.45) is 0. The van der Waals surface area contributed by atoms with Gasteiger partial charge in [-0.1, -0.05) is 29.8 Å². The summed E-state index contributed by atoms with van der Waals surface area (Å²) in [7, 11) is 1.55. The van der Waals surface area contributed by atoms with E-state index in [0.29, 0.717) is 5.02 Å². The van der Waals surface area contributed by atoms with Crippen LogP contribution in [-0.4, -0.2) is 30.4 Å². The summed E-state index contributed by atoms with van der Waals surface area (Å²) in [4.78, 5) is 24.4. The highest BCUT2D eigenvalue weighted by molar-refractivity contribution is 6.33. The lowest BCUT2D eigenvalue weighted by Gasteiger charge is -2.24. The van der Waals surface area contributed by atoms with Crippen LogP contribution in [0.3, 0.4) is 0 Å². The fraction of sp³-hybridized carbons (Fsp3) is 0.385. The van der Waals surface area contributed by atoms with Gasteiger partial charge in [0.1, 0.15) is 0 Å². The third-order valence-corrected chi connectivity index (χ3v) is 3.05. The summed E-state index contributed by atoms with van der Waals surface area (Å²) < 4.78 is 4.68. The highest BCUT2D eigenvalue weighted by Gasteiger charge is 2.25. The van der Waals surface area contributed by atoms with Gasteiger partial charge in [0.25, 0.3) is 0 Å². The molecule has 0 bridgehead atoms. The molecule has 98 valence electrons. The molecule has 1 aromatic rings. The lowest BCUT2D eigenvalue weighted by molar-refractivity contribution is -0.160. The Morgan fingerprint density at radius 2 is 2.00 bits per heavy atom. The number of esters is 1. The largest absolute Gasteiger partial charge is 0.459 e. The molecule has 1 amide bonds. The summed E-state index contributed by atoms with van der Waals surface area (Å²) in [6, 6.07) is 6.92. The number of hydrogen-bond donors (Lipinski definition) is 0. The summed E-state index contributed by atoms with van der Waals surface area (Å²) >= 11 is 6.05. The molecule has 4 nitrogen and oxygen atoms in total. The molecule has 0 aliphatic rings. The molecule has 0 spiro atoms. The number of benzene rings is 1. The first-order valence-corrected chi connectivity index (χ1v) is 6.05. The maximum absolute atomic E-state index is 11.8. The van der Waals surface area contributed by atoms with Crippen molar-refractivity contribution in [3.8, 4) is 0 Å². The maximum atomic E-state index is 11.8. The van der Waals surface area contributed by atoms with Crippen molar-refractivity contribution in [2.24, 2.45) is 0 Å². The van der Waals surface area contributed by atoms with Crippen LogP contribution in [0, 0.1) is 0 Å². The molecule has 0 saturated heterocycles. The number of nitrogens with zero attached hydrogens (tertiary/aromatic N) is 1. The fourth-order valence-electron chi connectivity index (χ4n) is 1.54. The van der Waals surface area contributed by atoms with E-state index >= 15 is 0 Å². The number of carbonyl (C=O) groups is 2. The second-order valence-electron chi connectivity index (χ2n) is 3.83. The molecule has 0 N–H and O–H groups in total. The van der Waals surface area contributed by atoms with Gasteiger partial charge >= 0.3 is 11.9 Å². The Morgan fingerprint density at radius 1 is 1.39 bits per heavy atom. The van der Waals surface area contributed by atoms with E-state index in [1.54, 1.807) is 27.0 Å². The average Bonchev–Trinajstić information content (AvgIpc) is 2.37. The molecule has 0 aliphatic heterocycles. The van der Waals surface area contributed by atoms with Crippen LogP contribution in [0.15, 0.2) is 24.3 Å². The van der Waals surface area contributed by atoms with Crippen LogP contribution in [-0.2, 0) is 14.3 Å². The van der Waals surface area contributed by atoms with Crippen molar-refractivity contribution >= 4 is 23.5 Å². The molecule has 0 fully saturated rings. The third kappa shape index (κ3) is 3.23. The van der Waals surface area contributed by atoms with Crippen molar-refractivity contribution in [3.05, 3.63) is 34.9 Å². The SMILES string of the molecule is CCOC(=O)C(=O)N(C)C(C)c1ccccc1Cl. The second-order valence-corrected chi connectivity index (χ2v) is 4.24. The summed E-state index contributed by atoms with van der Waals surface area (Å²) in [5.41, 5.74) is 0.791. The lowest BCUT2D eigenvalue weighted by Crippen LogP contribution is -2.36. The normalized spacial score (nSPS) is 11.8. The van der Waals surface area contributed by atoms with Crippen molar-refractivity contribution in [2.45, 2.75) is 19.9 Å². The molecular weight excluding hydrogens is 254 g/mol. The predicted octanol–water partition coefficient (Wildman–Crippen LogP) is 2.42. The van der Waals surface area contributed by atoms with Gasteiger partial charge in [0.15, 0.2) is 0 Å². The predicted molar refractivity (Wildman–Crippen MR) is 69.3 cm³/mol. The molecular formula is C13H16ClNO3. The van der Waals surface area contributed by atoms with E-state index in [1.807, 2.05) is 18.2 Å². The van der Waals surface area contributed by atoms with Crippen LogP contribution in [0.4, 0.5) is 0 Å². The Kier molecular flexibility index (Phi) is 5.16. The van der Waals surface area contributed by atoms with Crippen LogP contribution in [0.2, 0.25) is 5.02 Å². The minimum absolute atomic E-state index is 0.179. The molecule has 1 rings (SSSR count). The van der Waals surface area contributed by atoms with Gasteiger partial charge in [0.2, 0.25) is 0 Å². The number of carbonyl (C=O) groups excluding carboxylic acids is 2. The number of ether oxygens (including phenoxy) is 1. The van der Waals surface area contributed by atoms with Gasteiger partial charge in [-0.3, -0.25) is 4.79 Å². The molecule has 0 heterocycles. The highest BCUT2D eigenvalue weighted by atomic mass is 35.5. The van der Waals surface area contributed by atoms with Crippen LogP contribution in [0.1, 0.15) is 25.5 Å². The first-order valence-electron chi connectivity index (χ1n) is 5.67. The first-order chi connectivity index (χ1) is 8.49. The summed E-state index contributed by atoms with van der Waals surface area (Å²) in [6.45, 7) is 3.64. The van der Waals surface area contributed by atoms with Gasteiger partial charge in [-0.2, -0.15) is 0 Å². The Bertz CT molecular complexity index is 448. The zero-order valence-electron chi connectivity index (χ0n) is 10.6. The monoisotopic (exact) mass is 269 g/mol. The van der Waals surface area contributed by atoms with E-state index in [0.717, 1.165) is 5.56 Å². The molecule has 5 heteroatoms. The molecule has 0 aliphatic carbocycles. The minimum Gasteiger partial charge on any atom is -0.459 e. The van der Waals surface area contributed by atoms with Crippen molar-refractivity contribution in [1.82, 2.24) is 4.90 Å². The molecule has 0 aromatic heterocycles. The van der Waals surface area contributed by atoms with E-state index in [9.17, 15) is 9.59 Å². The van der Waals surface area contributed by atoms with E-state index in [1.165, 1.54) is 4.90 Å². The van der Waals surface area contributed by atoms with Crippen molar-refractivity contribution in [2.75, 3.05) is 13.7 Å². The van der Waals surface area contributed by atoms with Gasteiger partial charge in [0.05, 0.1) is 12.6 Å². The molecule has 0 saturated carbocycles. The van der Waals surface area contributed by atoms with Gasteiger partial charge in [-0.05, 0) is 25.5 Å².